The topological polar surface area (TPSA) is 115 Å². The van der Waals surface area contributed by atoms with Gasteiger partial charge in [-0.25, -0.2) is 13.6 Å². The summed E-state index contributed by atoms with van der Waals surface area (Å²) in [7, 11) is -3.99. The lowest BCUT2D eigenvalue weighted by molar-refractivity contribution is -0.384. The van der Waals surface area contributed by atoms with Gasteiger partial charge in [0.1, 0.15) is 5.69 Å². The number of hydrogen-bond donors (Lipinski definition) is 2. The van der Waals surface area contributed by atoms with E-state index in [1.54, 1.807) is 0 Å². The van der Waals surface area contributed by atoms with Gasteiger partial charge >= 0.3 is 0 Å². The fraction of sp³-hybridized carbons (Fsp3) is 0.294. The quantitative estimate of drug-likeness (QED) is 0.605. The number of primary sulfonamides is 1. The van der Waals surface area contributed by atoms with Crippen LogP contribution in [0, 0.1) is 24.0 Å². The smallest absolute Gasteiger partial charge is 0.293 e. The molecule has 0 saturated carbocycles. The van der Waals surface area contributed by atoms with Crippen LogP contribution in [0.1, 0.15) is 23.6 Å². The molecule has 1 unspecified atom stereocenters. The second-order valence-electron chi connectivity index (χ2n) is 6.16. The average molecular weight is 363 g/mol. The number of rotatable bonds is 6. The Morgan fingerprint density at radius 3 is 2.44 bits per heavy atom. The zero-order valence-corrected chi connectivity index (χ0v) is 15.1. The van der Waals surface area contributed by atoms with Crippen molar-refractivity contribution in [2.45, 2.75) is 38.1 Å². The summed E-state index contributed by atoms with van der Waals surface area (Å²) in [5, 5.41) is 19.4. The zero-order chi connectivity index (χ0) is 18.8. The maximum Gasteiger partial charge on any atom is 0.293 e. The molecule has 0 aliphatic carbocycles. The van der Waals surface area contributed by atoms with Crippen molar-refractivity contribution in [1.29, 1.82) is 0 Å². The summed E-state index contributed by atoms with van der Waals surface area (Å²) < 4.78 is 22.8. The van der Waals surface area contributed by atoms with Crippen LogP contribution >= 0.6 is 0 Å². The van der Waals surface area contributed by atoms with E-state index in [4.69, 9.17) is 5.14 Å². The molecule has 2 rings (SSSR count). The SMILES string of the molecule is Cc1ccc(CC(C)Nc2ccc(S(N)(=O)=O)cc2[N+](=O)[O-])c(C)c1. The second kappa shape index (κ2) is 7.20. The first kappa shape index (κ1) is 18.9. The van der Waals surface area contributed by atoms with Gasteiger partial charge in [-0.05, 0) is 50.5 Å². The summed E-state index contributed by atoms with van der Waals surface area (Å²) in [5.74, 6) is 0. The summed E-state index contributed by atoms with van der Waals surface area (Å²) in [6.45, 7) is 5.96. The van der Waals surface area contributed by atoms with Crippen LogP contribution in [0.3, 0.4) is 0 Å². The molecule has 8 heteroatoms. The van der Waals surface area contributed by atoms with E-state index in [9.17, 15) is 18.5 Å². The molecule has 0 fully saturated rings. The van der Waals surface area contributed by atoms with E-state index in [1.165, 1.54) is 17.7 Å². The molecule has 25 heavy (non-hydrogen) atoms. The van der Waals surface area contributed by atoms with Crippen LogP contribution < -0.4 is 10.5 Å². The van der Waals surface area contributed by atoms with Gasteiger partial charge in [-0.15, -0.1) is 0 Å². The summed E-state index contributed by atoms with van der Waals surface area (Å²) in [6, 6.07) is 9.68. The lowest BCUT2D eigenvalue weighted by Gasteiger charge is -2.17. The molecule has 2 aromatic rings. The number of aryl methyl sites for hydroxylation is 2. The molecular formula is C17H21N3O4S. The Labute approximate surface area is 147 Å². The lowest BCUT2D eigenvalue weighted by Crippen LogP contribution is -2.20. The van der Waals surface area contributed by atoms with E-state index in [0.717, 1.165) is 17.2 Å². The third-order valence-corrected chi connectivity index (χ3v) is 4.83. The van der Waals surface area contributed by atoms with E-state index in [2.05, 4.69) is 11.4 Å². The molecule has 134 valence electrons. The van der Waals surface area contributed by atoms with Gasteiger partial charge in [0.15, 0.2) is 0 Å². The summed E-state index contributed by atoms with van der Waals surface area (Å²) in [4.78, 5) is 10.4. The molecule has 0 aliphatic heterocycles. The van der Waals surface area contributed by atoms with Crippen molar-refractivity contribution in [2.24, 2.45) is 5.14 Å². The minimum absolute atomic E-state index is 0.0829. The predicted octanol–water partition coefficient (Wildman–Crippen LogP) is 2.90. The fourth-order valence-electron chi connectivity index (χ4n) is 2.68. The monoisotopic (exact) mass is 363 g/mol. The number of sulfonamides is 1. The molecule has 0 amide bonds. The van der Waals surface area contributed by atoms with Crippen LogP contribution in [0.5, 0.6) is 0 Å². The molecule has 0 aromatic heterocycles. The fourth-order valence-corrected chi connectivity index (χ4v) is 3.22. The Morgan fingerprint density at radius 1 is 1.20 bits per heavy atom. The highest BCUT2D eigenvalue weighted by Gasteiger charge is 2.20. The van der Waals surface area contributed by atoms with E-state index >= 15 is 0 Å². The molecule has 7 nitrogen and oxygen atoms in total. The minimum atomic E-state index is -3.99. The van der Waals surface area contributed by atoms with Crippen LogP contribution in [-0.4, -0.2) is 19.4 Å². The van der Waals surface area contributed by atoms with Crippen molar-refractivity contribution >= 4 is 21.4 Å². The van der Waals surface area contributed by atoms with Crippen molar-refractivity contribution in [3.8, 4) is 0 Å². The van der Waals surface area contributed by atoms with Gasteiger partial charge in [0, 0.05) is 12.1 Å². The van der Waals surface area contributed by atoms with E-state index < -0.39 is 14.9 Å². The number of anilines is 1. The van der Waals surface area contributed by atoms with E-state index in [0.29, 0.717) is 6.42 Å². The zero-order valence-electron chi connectivity index (χ0n) is 14.3. The third kappa shape index (κ3) is 4.77. The minimum Gasteiger partial charge on any atom is -0.377 e. The van der Waals surface area contributed by atoms with Crippen molar-refractivity contribution in [3.05, 3.63) is 63.2 Å². The first-order valence-electron chi connectivity index (χ1n) is 7.72. The van der Waals surface area contributed by atoms with Crippen LogP contribution in [0.2, 0.25) is 0 Å². The molecule has 0 spiro atoms. The van der Waals surface area contributed by atoms with Crippen molar-refractivity contribution in [3.63, 3.8) is 0 Å². The van der Waals surface area contributed by atoms with Gasteiger partial charge in [-0.1, -0.05) is 23.8 Å². The normalized spacial score (nSPS) is 12.6. The number of nitrogens with two attached hydrogens (primary N) is 1. The Kier molecular flexibility index (Phi) is 5.44. The van der Waals surface area contributed by atoms with E-state index in [-0.39, 0.29) is 22.3 Å². The largest absolute Gasteiger partial charge is 0.377 e. The molecule has 2 aromatic carbocycles. The van der Waals surface area contributed by atoms with Gasteiger partial charge in [0.25, 0.3) is 5.69 Å². The van der Waals surface area contributed by atoms with Crippen LogP contribution in [0.25, 0.3) is 0 Å². The van der Waals surface area contributed by atoms with E-state index in [1.807, 2.05) is 32.9 Å². The molecule has 0 radical (unpaired) electrons. The number of benzene rings is 2. The van der Waals surface area contributed by atoms with Crippen molar-refractivity contribution in [1.82, 2.24) is 0 Å². The lowest BCUT2D eigenvalue weighted by atomic mass is 10.00. The molecule has 1 atom stereocenters. The maximum atomic E-state index is 11.4. The summed E-state index contributed by atoms with van der Waals surface area (Å²) in [5.41, 5.74) is 3.42. The van der Waals surface area contributed by atoms with Gasteiger partial charge in [-0.3, -0.25) is 10.1 Å². The van der Waals surface area contributed by atoms with Crippen molar-refractivity contribution < 1.29 is 13.3 Å². The molecule has 0 saturated heterocycles. The number of nitrogens with zero attached hydrogens (tertiary/aromatic N) is 1. The van der Waals surface area contributed by atoms with Gasteiger partial charge in [0.05, 0.1) is 9.82 Å². The van der Waals surface area contributed by atoms with Crippen LogP contribution in [-0.2, 0) is 16.4 Å². The first-order valence-corrected chi connectivity index (χ1v) is 9.26. The molecule has 3 N–H and O–H groups in total. The second-order valence-corrected chi connectivity index (χ2v) is 7.72. The van der Waals surface area contributed by atoms with Gasteiger partial charge in [-0.2, -0.15) is 0 Å². The molecule has 0 heterocycles. The standard InChI is InChI=1S/C17H21N3O4S/c1-11-4-5-14(12(2)8-11)9-13(3)19-16-7-6-15(25(18,23)24)10-17(16)20(21)22/h4-8,10,13,19H,9H2,1-3H3,(H2,18,23,24). The first-order chi connectivity index (χ1) is 11.6. The highest BCUT2D eigenvalue weighted by molar-refractivity contribution is 7.89. The molecular weight excluding hydrogens is 342 g/mol. The molecule has 0 aliphatic rings. The van der Waals surface area contributed by atoms with Crippen LogP contribution in [0.4, 0.5) is 11.4 Å². The summed E-state index contributed by atoms with van der Waals surface area (Å²) >= 11 is 0. The van der Waals surface area contributed by atoms with Gasteiger partial charge in [0.2, 0.25) is 10.0 Å². The Balaban J connectivity index is 2.25. The van der Waals surface area contributed by atoms with Crippen LogP contribution in [0.15, 0.2) is 41.3 Å². The highest BCUT2D eigenvalue weighted by Crippen LogP contribution is 2.28. The van der Waals surface area contributed by atoms with Crippen molar-refractivity contribution in [2.75, 3.05) is 5.32 Å². The summed E-state index contributed by atoms with van der Waals surface area (Å²) in [6.07, 6.45) is 0.681. The predicted molar refractivity (Wildman–Crippen MR) is 97.2 cm³/mol. The third-order valence-electron chi connectivity index (χ3n) is 3.92. The van der Waals surface area contributed by atoms with Gasteiger partial charge < -0.3 is 5.32 Å². The number of nitrogens with one attached hydrogen (secondary N) is 1. The average Bonchev–Trinajstić information content (AvgIpc) is 2.49. The highest BCUT2D eigenvalue weighted by atomic mass is 32.2. The number of nitro benzene ring substituents is 1. The Bertz CT molecular complexity index is 910. The molecule has 0 bridgehead atoms. The number of hydrogen-bond acceptors (Lipinski definition) is 5. The number of nitro groups is 1. The Morgan fingerprint density at radius 2 is 1.88 bits per heavy atom. The maximum absolute atomic E-state index is 11.4. The Hall–Kier alpha value is -2.45.